The molecule has 1 aromatic heterocycles. The van der Waals surface area contributed by atoms with Crippen LogP contribution in [-0.2, 0) is 6.54 Å². The standard InChI is InChI=1S/C16H23N7O/c1-18-16(20-11-17)19-7-4-8-24-12-5-6-13-14(9-12)22-15(21-13)10-23(2)3/h5-6,9H,4,7-8,10H2,1-3H3,(H,21,22)(H2,18,19,20). The molecule has 128 valence electrons. The fourth-order valence-corrected chi connectivity index (χ4v) is 2.20. The topological polar surface area (TPSA) is 101 Å². The van der Waals surface area contributed by atoms with Crippen LogP contribution in [0.5, 0.6) is 5.75 Å². The summed E-state index contributed by atoms with van der Waals surface area (Å²) in [5.74, 6) is 2.20. The third-order valence-electron chi connectivity index (χ3n) is 3.25. The van der Waals surface area contributed by atoms with Crippen molar-refractivity contribution in [3.63, 3.8) is 0 Å². The molecule has 2 rings (SSSR count). The zero-order valence-corrected chi connectivity index (χ0v) is 14.3. The molecule has 8 nitrogen and oxygen atoms in total. The van der Waals surface area contributed by atoms with Crippen molar-refractivity contribution >= 4 is 17.0 Å². The van der Waals surface area contributed by atoms with Gasteiger partial charge in [-0.25, -0.2) is 4.98 Å². The zero-order chi connectivity index (χ0) is 17.4. The number of imidazole rings is 1. The lowest BCUT2D eigenvalue weighted by Crippen LogP contribution is -2.35. The average molecular weight is 329 g/mol. The number of H-pyrrole nitrogens is 1. The molecule has 2 aromatic rings. The molecule has 0 saturated heterocycles. The molecule has 0 amide bonds. The second kappa shape index (κ2) is 8.74. The normalized spacial score (nSPS) is 11.5. The maximum Gasteiger partial charge on any atom is 0.204 e. The Labute approximate surface area is 141 Å². The minimum absolute atomic E-state index is 0.462. The lowest BCUT2D eigenvalue weighted by Gasteiger charge is -2.08. The smallest absolute Gasteiger partial charge is 0.204 e. The van der Waals surface area contributed by atoms with E-state index in [9.17, 15) is 0 Å². The number of rotatable bonds is 7. The van der Waals surface area contributed by atoms with Gasteiger partial charge in [-0.1, -0.05) is 0 Å². The van der Waals surface area contributed by atoms with Crippen LogP contribution in [0.25, 0.3) is 11.0 Å². The van der Waals surface area contributed by atoms with Gasteiger partial charge in [-0.2, -0.15) is 5.26 Å². The Morgan fingerprint density at radius 3 is 3.00 bits per heavy atom. The highest BCUT2D eigenvalue weighted by Gasteiger charge is 2.05. The van der Waals surface area contributed by atoms with Crippen molar-refractivity contribution in [2.45, 2.75) is 13.0 Å². The first-order valence-electron chi connectivity index (χ1n) is 7.74. The third-order valence-corrected chi connectivity index (χ3v) is 3.25. The first-order valence-corrected chi connectivity index (χ1v) is 7.74. The van der Waals surface area contributed by atoms with Crippen molar-refractivity contribution < 1.29 is 4.74 Å². The van der Waals surface area contributed by atoms with Crippen LogP contribution in [0.15, 0.2) is 23.2 Å². The van der Waals surface area contributed by atoms with E-state index in [0.29, 0.717) is 19.1 Å². The molecule has 3 N–H and O–H groups in total. The van der Waals surface area contributed by atoms with Crippen molar-refractivity contribution in [2.75, 3.05) is 34.3 Å². The van der Waals surface area contributed by atoms with E-state index in [4.69, 9.17) is 10.00 Å². The Morgan fingerprint density at radius 1 is 1.46 bits per heavy atom. The summed E-state index contributed by atoms with van der Waals surface area (Å²) in [6.45, 7) is 2.00. The van der Waals surface area contributed by atoms with Crippen LogP contribution in [-0.4, -0.2) is 55.1 Å². The first-order chi connectivity index (χ1) is 11.6. The van der Waals surface area contributed by atoms with E-state index < -0.39 is 0 Å². The van der Waals surface area contributed by atoms with Crippen molar-refractivity contribution in [1.82, 2.24) is 25.5 Å². The predicted molar refractivity (Wildman–Crippen MR) is 93.7 cm³/mol. The number of aromatic nitrogens is 2. The highest BCUT2D eigenvalue weighted by molar-refractivity contribution is 5.80. The number of nitrogens with zero attached hydrogens (tertiary/aromatic N) is 4. The second-order valence-electron chi connectivity index (χ2n) is 5.54. The second-order valence-corrected chi connectivity index (χ2v) is 5.54. The zero-order valence-electron chi connectivity index (χ0n) is 14.3. The number of nitriles is 1. The summed E-state index contributed by atoms with van der Waals surface area (Å²) in [6.07, 6.45) is 2.62. The number of fused-ring (bicyclic) bond motifs is 1. The number of ether oxygens (including phenoxy) is 1. The van der Waals surface area contributed by atoms with Gasteiger partial charge in [-0.3, -0.25) is 10.3 Å². The Balaban J connectivity index is 1.82. The molecule has 0 aliphatic carbocycles. The lowest BCUT2D eigenvalue weighted by molar-refractivity contribution is 0.311. The van der Waals surface area contributed by atoms with Crippen LogP contribution in [0.4, 0.5) is 0 Å². The van der Waals surface area contributed by atoms with Gasteiger partial charge in [0, 0.05) is 19.7 Å². The van der Waals surface area contributed by atoms with Crippen LogP contribution in [0, 0.1) is 11.5 Å². The Bertz CT molecular complexity index is 730. The molecule has 8 heteroatoms. The number of aromatic amines is 1. The summed E-state index contributed by atoms with van der Waals surface area (Å²) in [4.78, 5) is 13.8. The largest absolute Gasteiger partial charge is 0.493 e. The molecule has 0 unspecified atom stereocenters. The summed E-state index contributed by atoms with van der Waals surface area (Å²) in [5.41, 5.74) is 1.91. The van der Waals surface area contributed by atoms with Gasteiger partial charge in [0.05, 0.1) is 24.2 Å². The van der Waals surface area contributed by atoms with Gasteiger partial charge in [0.15, 0.2) is 6.19 Å². The van der Waals surface area contributed by atoms with Crippen molar-refractivity contribution in [3.8, 4) is 11.9 Å². The average Bonchev–Trinajstić information content (AvgIpc) is 2.94. The van der Waals surface area contributed by atoms with Crippen LogP contribution < -0.4 is 15.4 Å². The van der Waals surface area contributed by atoms with Gasteiger partial charge in [0.25, 0.3) is 0 Å². The molecule has 1 aromatic carbocycles. The van der Waals surface area contributed by atoms with Gasteiger partial charge in [-0.05, 0) is 32.6 Å². The van der Waals surface area contributed by atoms with Crippen LogP contribution in [0.2, 0.25) is 0 Å². The van der Waals surface area contributed by atoms with E-state index in [1.165, 1.54) is 0 Å². The third kappa shape index (κ3) is 5.14. The molecule has 0 spiro atoms. The molecule has 0 radical (unpaired) electrons. The Kier molecular flexibility index (Phi) is 6.40. The van der Waals surface area contributed by atoms with Crippen LogP contribution >= 0.6 is 0 Å². The van der Waals surface area contributed by atoms with Gasteiger partial charge in [0.1, 0.15) is 11.6 Å². The van der Waals surface area contributed by atoms with E-state index in [-0.39, 0.29) is 0 Å². The summed E-state index contributed by atoms with van der Waals surface area (Å²) in [6, 6.07) is 5.85. The fraction of sp³-hybridized carbons (Fsp3) is 0.438. The highest BCUT2D eigenvalue weighted by Crippen LogP contribution is 2.19. The number of benzene rings is 1. The summed E-state index contributed by atoms with van der Waals surface area (Å²) in [5, 5.41) is 14.0. The number of nitrogens with one attached hydrogen (secondary N) is 3. The molecule has 0 fully saturated rings. The molecule has 0 bridgehead atoms. The SMILES string of the molecule is CN=C(NC#N)NCCCOc1ccc2[nH]c(CN(C)C)nc2c1. The minimum Gasteiger partial charge on any atom is -0.493 e. The molecular formula is C16H23N7O. The summed E-state index contributed by atoms with van der Waals surface area (Å²) >= 11 is 0. The van der Waals surface area contributed by atoms with Crippen LogP contribution in [0.3, 0.4) is 0 Å². The van der Waals surface area contributed by atoms with E-state index in [1.807, 2.05) is 38.5 Å². The van der Waals surface area contributed by atoms with Gasteiger partial charge in [0.2, 0.25) is 5.96 Å². The molecule has 0 saturated carbocycles. The van der Waals surface area contributed by atoms with E-state index in [0.717, 1.165) is 35.6 Å². The summed E-state index contributed by atoms with van der Waals surface area (Å²) < 4.78 is 5.75. The summed E-state index contributed by atoms with van der Waals surface area (Å²) in [7, 11) is 5.64. The number of aliphatic imine (C=N–C) groups is 1. The van der Waals surface area contributed by atoms with E-state index in [1.54, 1.807) is 7.05 Å². The van der Waals surface area contributed by atoms with Gasteiger partial charge < -0.3 is 19.9 Å². The van der Waals surface area contributed by atoms with Crippen molar-refractivity contribution in [1.29, 1.82) is 5.26 Å². The van der Waals surface area contributed by atoms with Crippen LogP contribution in [0.1, 0.15) is 12.2 Å². The van der Waals surface area contributed by atoms with E-state index >= 15 is 0 Å². The highest BCUT2D eigenvalue weighted by atomic mass is 16.5. The molecule has 1 heterocycles. The molecule has 0 atom stereocenters. The number of hydrogen-bond donors (Lipinski definition) is 3. The molecule has 0 aliphatic rings. The molecule has 24 heavy (non-hydrogen) atoms. The monoisotopic (exact) mass is 329 g/mol. The maximum absolute atomic E-state index is 8.54. The minimum atomic E-state index is 0.462. The Hall–Kier alpha value is -2.79. The lowest BCUT2D eigenvalue weighted by atomic mass is 10.3. The van der Waals surface area contributed by atoms with Crippen molar-refractivity contribution in [3.05, 3.63) is 24.0 Å². The quantitative estimate of drug-likeness (QED) is 0.231. The Morgan fingerprint density at radius 2 is 2.29 bits per heavy atom. The molecular weight excluding hydrogens is 306 g/mol. The predicted octanol–water partition coefficient (Wildman–Crippen LogP) is 1.04. The van der Waals surface area contributed by atoms with Gasteiger partial charge in [-0.15, -0.1) is 0 Å². The van der Waals surface area contributed by atoms with E-state index in [2.05, 4.69) is 30.5 Å². The van der Waals surface area contributed by atoms with Crippen molar-refractivity contribution in [2.24, 2.45) is 4.99 Å². The van der Waals surface area contributed by atoms with Gasteiger partial charge >= 0.3 is 0 Å². The maximum atomic E-state index is 8.54. The number of guanidine groups is 1. The molecule has 0 aliphatic heterocycles. The first kappa shape index (κ1) is 17.6. The fourth-order valence-electron chi connectivity index (χ4n) is 2.20. The number of hydrogen-bond acceptors (Lipinski definition) is 5.